The standard InChI is InChI=1S/C48H55N3O6/c1-30-42(28-50-40-18-8-5-12-33(40)23-24-41(50)44(53)49-48(2,3)4)56-47(57-43(30)34-21-19-31(29-52)20-22-34)37-15-10-14-36(26-37)35-13-9-11-32(25-35)27-51-45(54)38-16-6-7-17-39(38)46(51)55/h6-7,9-11,13-17,19-22,25-26,30,33,40-43,47,52H,5,8,12,18,23-24,27-29H2,1-4H3,(H,49,53)/t30-,33-,40-,41-,42+,43+,47+/m1/s1. The van der Waals surface area contributed by atoms with Crippen molar-refractivity contribution in [3.05, 3.63) is 130 Å². The molecule has 7 atom stereocenters. The highest BCUT2D eigenvalue weighted by molar-refractivity contribution is 6.21. The number of fused-ring (bicyclic) bond motifs is 2. The molecular weight excluding hydrogens is 715 g/mol. The predicted molar refractivity (Wildman–Crippen MR) is 219 cm³/mol. The van der Waals surface area contributed by atoms with Gasteiger partial charge in [0.2, 0.25) is 5.91 Å². The minimum Gasteiger partial charge on any atom is -0.392 e. The lowest BCUT2D eigenvalue weighted by Crippen LogP contribution is -2.61. The number of nitrogens with zero attached hydrogens (tertiary/aromatic N) is 2. The molecule has 3 fully saturated rings. The number of aliphatic hydroxyl groups is 1. The Balaban J connectivity index is 1.08. The summed E-state index contributed by atoms with van der Waals surface area (Å²) in [7, 11) is 0. The van der Waals surface area contributed by atoms with Crippen LogP contribution in [0.25, 0.3) is 11.1 Å². The topological polar surface area (TPSA) is 108 Å². The van der Waals surface area contributed by atoms with Crippen LogP contribution in [-0.4, -0.2) is 62.9 Å². The smallest absolute Gasteiger partial charge is 0.261 e. The monoisotopic (exact) mass is 769 g/mol. The number of aliphatic hydroxyl groups excluding tert-OH is 1. The van der Waals surface area contributed by atoms with Crippen LogP contribution in [0.15, 0.2) is 97.1 Å². The van der Waals surface area contributed by atoms with Crippen molar-refractivity contribution in [1.29, 1.82) is 0 Å². The van der Waals surface area contributed by atoms with Gasteiger partial charge in [0.1, 0.15) is 0 Å². The summed E-state index contributed by atoms with van der Waals surface area (Å²) in [6.45, 7) is 9.09. The number of piperidine rings is 1. The second-order valence-electron chi connectivity index (χ2n) is 17.5. The molecule has 8 rings (SSSR count). The molecule has 9 nitrogen and oxygen atoms in total. The second kappa shape index (κ2) is 16.3. The number of amides is 3. The maximum atomic E-state index is 14.0. The molecule has 298 valence electrons. The lowest BCUT2D eigenvalue weighted by molar-refractivity contribution is -0.278. The van der Waals surface area contributed by atoms with Crippen molar-refractivity contribution in [2.75, 3.05) is 6.54 Å². The van der Waals surface area contributed by atoms with Gasteiger partial charge in [-0.15, -0.1) is 0 Å². The van der Waals surface area contributed by atoms with E-state index in [0.29, 0.717) is 29.6 Å². The first kappa shape index (κ1) is 39.2. The molecule has 0 aromatic heterocycles. The second-order valence-corrected chi connectivity index (χ2v) is 17.5. The van der Waals surface area contributed by atoms with Crippen molar-refractivity contribution in [3.63, 3.8) is 0 Å². The normalized spacial score (nSPS) is 26.5. The number of likely N-dealkylation sites (tertiary alicyclic amines) is 1. The van der Waals surface area contributed by atoms with E-state index >= 15 is 0 Å². The van der Waals surface area contributed by atoms with Gasteiger partial charge in [0.25, 0.3) is 11.8 Å². The molecule has 3 aliphatic heterocycles. The van der Waals surface area contributed by atoms with Crippen molar-refractivity contribution in [1.82, 2.24) is 15.1 Å². The summed E-state index contributed by atoms with van der Waals surface area (Å²) in [5, 5.41) is 13.1. The van der Waals surface area contributed by atoms with Gasteiger partial charge in [-0.25, -0.2) is 0 Å². The van der Waals surface area contributed by atoms with Crippen LogP contribution in [0.2, 0.25) is 0 Å². The molecule has 4 aromatic rings. The predicted octanol–water partition coefficient (Wildman–Crippen LogP) is 8.37. The number of rotatable bonds is 9. The largest absolute Gasteiger partial charge is 0.392 e. The highest BCUT2D eigenvalue weighted by Crippen LogP contribution is 2.45. The van der Waals surface area contributed by atoms with E-state index in [-0.39, 0.29) is 60.6 Å². The Morgan fingerprint density at radius 1 is 0.772 bits per heavy atom. The number of ether oxygens (including phenoxy) is 2. The van der Waals surface area contributed by atoms with Gasteiger partial charge in [0, 0.05) is 29.6 Å². The minimum atomic E-state index is -0.677. The zero-order valence-corrected chi connectivity index (χ0v) is 33.5. The first-order valence-electron chi connectivity index (χ1n) is 20.7. The Kier molecular flexibility index (Phi) is 11.2. The van der Waals surface area contributed by atoms with E-state index in [1.807, 2.05) is 87.5 Å². The Hall–Kier alpha value is -4.67. The van der Waals surface area contributed by atoms with Crippen LogP contribution in [0, 0.1) is 11.8 Å². The number of carbonyl (C=O) groups is 3. The minimum absolute atomic E-state index is 0.0291. The zero-order chi connectivity index (χ0) is 39.8. The van der Waals surface area contributed by atoms with Gasteiger partial charge in [-0.2, -0.15) is 0 Å². The lowest BCUT2D eigenvalue weighted by Gasteiger charge is -2.51. The molecule has 0 radical (unpaired) electrons. The molecule has 0 unspecified atom stereocenters. The fourth-order valence-corrected chi connectivity index (χ4v) is 9.54. The third-order valence-corrected chi connectivity index (χ3v) is 12.5. The van der Waals surface area contributed by atoms with Crippen LogP contribution in [0.5, 0.6) is 0 Å². The molecule has 4 aliphatic rings. The maximum absolute atomic E-state index is 14.0. The van der Waals surface area contributed by atoms with Crippen LogP contribution in [0.1, 0.15) is 122 Å². The molecular formula is C48H55N3O6. The maximum Gasteiger partial charge on any atom is 0.261 e. The summed E-state index contributed by atoms with van der Waals surface area (Å²) in [5.41, 5.74) is 6.06. The summed E-state index contributed by atoms with van der Waals surface area (Å²) in [6, 6.07) is 31.2. The molecule has 0 spiro atoms. The molecule has 57 heavy (non-hydrogen) atoms. The SMILES string of the molecule is C[C@@H]1[C@H](CN2[C@@H](C(=O)NC(C)(C)C)CC[C@H]3CCCC[C@H]32)O[C@H](c2cccc(-c3cccc(CN4C(=O)c5ccccc5C4=O)c3)c2)O[C@@H]1c1ccc(CO)cc1. The van der Waals surface area contributed by atoms with Gasteiger partial charge in [-0.1, -0.05) is 92.6 Å². The third-order valence-electron chi connectivity index (χ3n) is 12.5. The Morgan fingerprint density at radius 2 is 1.46 bits per heavy atom. The summed E-state index contributed by atoms with van der Waals surface area (Å²) in [4.78, 5) is 44.0. The number of hydrogen-bond acceptors (Lipinski definition) is 7. The fourth-order valence-electron chi connectivity index (χ4n) is 9.54. The number of imide groups is 1. The molecule has 0 bridgehead atoms. The quantitative estimate of drug-likeness (QED) is 0.165. The number of nitrogens with one attached hydrogen (secondary N) is 1. The molecule has 2 saturated heterocycles. The molecule has 2 N–H and O–H groups in total. The van der Waals surface area contributed by atoms with E-state index in [1.54, 1.807) is 24.3 Å². The molecule has 3 amide bonds. The van der Waals surface area contributed by atoms with Gasteiger partial charge >= 0.3 is 0 Å². The number of carbonyl (C=O) groups excluding carboxylic acids is 3. The van der Waals surface area contributed by atoms with Crippen molar-refractivity contribution >= 4 is 17.7 Å². The van der Waals surface area contributed by atoms with Crippen molar-refractivity contribution in [2.24, 2.45) is 11.8 Å². The summed E-state index contributed by atoms with van der Waals surface area (Å²) >= 11 is 0. The first-order valence-corrected chi connectivity index (χ1v) is 20.7. The molecule has 1 saturated carbocycles. The van der Waals surface area contributed by atoms with Crippen molar-refractivity contribution in [2.45, 2.75) is 115 Å². The summed E-state index contributed by atoms with van der Waals surface area (Å²) < 4.78 is 13.9. The average molecular weight is 770 g/mol. The van der Waals surface area contributed by atoms with Gasteiger partial charge in [-0.3, -0.25) is 24.2 Å². The van der Waals surface area contributed by atoms with Gasteiger partial charge in [-0.05, 0) is 104 Å². The molecule has 4 aromatic carbocycles. The van der Waals surface area contributed by atoms with Crippen LogP contribution in [-0.2, 0) is 27.4 Å². The first-order chi connectivity index (χ1) is 27.5. The van der Waals surface area contributed by atoms with Crippen LogP contribution in [0.4, 0.5) is 0 Å². The van der Waals surface area contributed by atoms with E-state index in [0.717, 1.165) is 52.6 Å². The van der Waals surface area contributed by atoms with Crippen molar-refractivity contribution < 1.29 is 29.0 Å². The summed E-state index contributed by atoms with van der Waals surface area (Å²) in [5.74, 6) is 0.0948. The van der Waals surface area contributed by atoms with E-state index < -0.39 is 6.29 Å². The van der Waals surface area contributed by atoms with Gasteiger partial charge in [0.15, 0.2) is 6.29 Å². The van der Waals surface area contributed by atoms with Crippen molar-refractivity contribution in [3.8, 4) is 11.1 Å². The zero-order valence-electron chi connectivity index (χ0n) is 33.5. The molecule has 1 aliphatic carbocycles. The van der Waals surface area contributed by atoms with E-state index in [2.05, 4.69) is 23.2 Å². The van der Waals surface area contributed by atoms with E-state index in [9.17, 15) is 19.5 Å². The number of hydrogen-bond donors (Lipinski definition) is 2. The lowest BCUT2D eigenvalue weighted by atomic mass is 9.75. The Labute approximate surface area is 336 Å². The van der Waals surface area contributed by atoms with Crippen LogP contribution >= 0.6 is 0 Å². The Morgan fingerprint density at radius 3 is 2.16 bits per heavy atom. The molecule has 9 heteroatoms. The molecule has 3 heterocycles. The van der Waals surface area contributed by atoms with Gasteiger partial charge in [0.05, 0.1) is 42.5 Å². The average Bonchev–Trinajstić information content (AvgIpc) is 3.45. The van der Waals surface area contributed by atoms with E-state index in [4.69, 9.17) is 9.47 Å². The summed E-state index contributed by atoms with van der Waals surface area (Å²) in [6.07, 6.45) is 5.42. The fraction of sp³-hybridized carbons (Fsp3) is 0.438. The third kappa shape index (κ3) is 8.21. The highest BCUT2D eigenvalue weighted by Gasteiger charge is 2.46. The van der Waals surface area contributed by atoms with Gasteiger partial charge < -0.3 is 19.9 Å². The highest BCUT2D eigenvalue weighted by atomic mass is 16.7. The number of benzene rings is 4. The van der Waals surface area contributed by atoms with Crippen LogP contribution in [0.3, 0.4) is 0 Å². The van der Waals surface area contributed by atoms with E-state index in [1.165, 1.54) is 24.2 Å². The van der Waals surface area contributed by atoms with Crippen LogP contribution < -0.4 is 5.32 Å². The Bertz CT molecular complexity index is 2070.